The number of aryl methyl sites for hydroxylation is 2. The van der Waals surface area contributed by atoms with E-state index in [1.807, 2.05) is 73.3 Å². The van der Waals surface area contributed by atoms with Crippen LogP contribution in [0.25, 0.3) is 0 Å². The summed E-state index contributed by atoms with van der Waals surface area (Å²) in [6.07, 6.45) is 4.06. The number of rotatable bonds is 22. The summed E-state index contributed by atoms with van der Waals surface area (Å²) in [5.74, 6) is 0.393. The zero-order chi connectivity index (χ0) is 54.8. The number of hydrogen-bond acceptors (Lipinski definition) is 15. The Hall–Kier alpha value is -5.90. The minimum atomic E-state index is -4.36. The van der Waals surface area contributed by atoms with Crippen LogP contribution in [0.4, 0.5) is 17.1 Å². The standard InChI is InChI=1S/C57H63N3O13S4/c1-7-44(61)19-16-35(3)75-74-21-20-53(76(65,66)70-5)55(62)58-42-24-36(23-37(25-42)33-73-52-28-38-17-18-43-26-39-12-8-10-14-47(39)59(43)56(63)46(38)31-51(52)69-4)32-72-50-29-41-30-54(77(67,68)71-6)49-27-40-13-9-11-15-48(40)60(49)57(64)45(41)22-34(50)2/h8-15,22-25,28-29,31,35,43,49,53-54H,7,16-21,26-27,30,32-33H2,1-6H3,(H,58,62)/t35?,43-,49+,53?,54?/m1/s1. The van der Waals surface area contributed by atoms with Crippen LogP contribution < -0.4 is 29.3 Å². The molecule has 5 aromatic rings. The minimum Gasteiger partial charge on any atom is -0.493 e. The van der Waals surface area contributed by atoms with Crippen molar-refractivity contribution in [1.29, 1.82) is 0 Å². The molecule has 20 heteroatoms. The lowest BCUT2D eigenvalue weighted by molar-refractivity contribution is -0.119. The van der Waals surface area contributed by atoms with E-state index in [2.05, 4.69) is 11.4 Å². The van der Waals surface area contributed by atoms with Crippen LogP contribution in [-0.4, -0.2) is 95.3 Å². The number of methoxy groups -OCH3 is 1. The summed E-state index contributed by atoms with van der Waals surface area (Å²) in [5.41, 5.74) is 7.77. The molecular weight excluding hydrogens is 1060 g/mol. The maximum atomic E-state index is 14.4. The molecule has 5 atom stereocenters. The van der Waals surface area contributed by atoms with E-state index in [9.17, 15) is 36.0 Å². The van der Waals surface area contributed by atoms with Gasteiger partial charge in [-0.15, -0.1) is 0 Å². The van der Waals surface area contributed by atoms with Gasteiger partial charge in [0.2, 0.25) is 5.91 Å². The largest absolute Gasteiger partial charge is 0.493 e. The molecule has 16 nitrogen and oxygen atoms in total. The van der Waals surface area contributed by atoms with Crippen molar-refractivity contribution in [1.82, 2.24) is 0 Å². The topological polar surface area (TPSA) is 201 Å². The monoisotopic (exact) mass is 1130 g/mol. The Morgan fingerprint density at radius 2 is 1.36 bits per heavy atom. The molecule has 0 aromatic heterocycles. The smallest absolute Gasteiger partial charge is 0.279 e. The molecule has 4 aliphatic heterocycles. The Labute approximate surface area is 458 Å². The van der Waals surface area contributed by atoms with Crippen molar-refractivity contribution >= 4 is 82.4 Å². The first-order valence-corrected chi connectivity index (χ1v) is 31.0. The van der Waals surface area contributed by atoms with E-state index >= 15 is 0 Å². The Bertz CT molecular complexity index is 3330. The average Bonchev–Trinajstić information content (AvgIpc) is 3.99. The number of hydrogen-bond donors (Lipinski definition) is 1. The van der Waals surface area contributed by atoms with Crippen molar-refractivity contribution in [2.24, 2.45) is 0 Å². The summed E-state index contributed by atoms with van der Waals surface area (Å²) < 4.78 is 82.7. The average molecular weight is 1130 g/mol. The zero-order valence-electron chi connectivity index (χ0n) is 43.9. The van der Waals surface area contributed by atoms with E-state index in [-0.39, 0.29) is 60.6 Å². The van der Waals surface area contributed by atoms with Crippen LogP contribution in [0, 0.1) is 6.92 Å². The molecule has 0 saturated carbocycles. The predicted octanol–water partition coefficient (Wildman–Crippen LogP) is 9.35. The molecule has 0 bridgehead atoms. The minimum absolute atomic E-state index is 0.0130. The van der Waals surface area contributed by atoms with Crippen molar-refractivity contribution < 1.29 is 58.6 Å². The molecule has 0 fully saturated rings. The van der Waals surface area contributed by atoms with Crippen molar-refractivity contribution in [3.63, 3.8) is 0 Å². The molecule has 3 amide bonds. The van der Waals surface area contributed by atoms with E-state index in [0.717, 1.165) is 49.4 Å². The molecule has 5 aromatic carbocycles. The Morgan fingerprint density at radius 3 is 2.04 bits per heavy atom. The van der Waals surface area contributed by atoms with Gasteiger partial charge in [-0.2, -0.15) is 16.8 Å². The van der Waals surface area contributed by atoms with Gasteiger partial charge in [-0.05, 0) is 145 Å². The van der Waals surface area contributed by atoms with Gasteiger partial charge in [0.1, 0.15) is 30.0 Å². The van der Waals surface area contributed by atoms with E-state index in [1.165, 1.54) is 28.7 Å². The second-order valence-electron chi connectivity index (χ2n) is 19.8. The van der Waals surface area contributed by atoms with E-state index in [0.29, 0.717) is 94.2 Å². The van der Waals surface area contributed by atoms with E-state index in [1.54, 1.807) is 42.2 Å². The molecule has 0 aliphatic carbocycles. The first-order chi connectivity index (χ1) is 36.9. The third kappa shape index (κ3) is 11.9. The molecule has 0 radical (unpaired) electrons. The number of Topliss-reactive ketones (excluding diaryl/α,β-unsaturated/α-hetero) is 1. The van der Waals surface area contributed by atoms with Crippen LogP contribution in [0.1, 0.15) is 106 Å². The molecule has 4 aliphatic rings. The number of benzene rings is 5. The van der Waals surface area contributed by atoms with Crippen LogP contribution in [0.2, 0.25) is 0 Å². The van der Waals surface area contributed by atoms with Gasteiger partial charge in [-0.25, -0.2) is 0 Å². The summed E-state index contributed by atoms with van der Waals surface area (Å²) in [5, 5.41) is 0.318. The van der Waals surface area contributed by atoms with Crippen molar-refractivity contribution in [2.45, 2.75) is 120 Å². The molecule has 0 spiro atoms. The number of para-hydroxylation sites is 2. The maximum absolute atomic E-state index is 14.4. The molecule has 4 heterocycles. The van der Waals surface area contributed by atoms with Crippen molar-refractivity contribution in [3.05, 3.63) is 141 Å². The van der Waals surface area contributed by atoms with Gasteiger partial charge in [0, 0.05) is 58.1 Å². The summed E-state index contributed by atoms with van der Waals surface area (Å²) in [4.78, 5) is 58.1. The van der Waals surface area contributed by atoms with Gasteiger partial charge in [0.25, 0.3) is 32.1 Å². The molecule has 1 N–H and O–H groups in total. The second kappa shape index (κ2) is 23.6. The van der Waals surface area contributed by atoms with Gasteiger partial charge in [-0.3, -0.25) is 27.5 Å². The van der Waals surface area contributed by atoms with Gasteiger partial charge < -0.3 is 29.3 Å². The number of carbonyl (C=O) groups is 4. The highest BCUT2D eigenvalue weighted by atomic mass is 33.1. The third-order valence-corrected chi connectivity index (χ3v) is 21.2. The van der Waals surface area contributed by atoms with E-state index < -0.39 is 42.7 Å². The van der Waals surface area contributed by atoms with Crippen molar-refractivity contribution in [3.8, 4) is 17.2 Å². The molecule has 0 saturated heterocycles. The number of fused-ring (bicyclic) bond motifs is 8. The number of amides is 3. The van der Waals surface area contributed by atoms with Crippen LogP contribution in [0.3, 0.4) is 0 Å². The highest BCUT2D eigenvalue weighted by Crippen LogP contribution is 2.43. The van der Waals surface area contributed by atoms with Crippen LogP contribution >= 0.6 is 21.6 Å². The highest BCUT2D eigenvalue weighted by Gasteiger charge is 2.48. The second-order valence-corrected chi connectivity index (χ2v) is 26.6. The van der Waals surface area contributed by atoms with Crippen LogP contribution in [-0.2, 0) is 77.1 Å². The lowest BCUT2D eigenvalue weighted by Gasteiger charge is -2.28. The first kappa shape index (κ1) is 55.8. The number of ether oxygens (including phenoxy) is 3. The van der Waals surface area contributed by atoms with Gasteiger partial charge in [0.05, 0.1) is 27.4 Å². The Balaban J connectivity index is 0.992. The van der Waals surface area contributed by atoms with E-state index in [4.69, 9.17) is 22.6 Å². The fourth-order valence-electron chi connectivity index (χ4n) is 10.8. The SMILES string of the molecule is CCC(=O)CCC(C)SSCCC(C(=O)Nc1cc(COc2cc3c(cc2C)C(=O)N2c4ccccc4C[C@H]2C(S(=O)(=O)OC)C3)cc(COc2cc3c(cc2OC)C(=O)N2c4ccccc4C[C@H]2CC3)c1)S(=O)(=O)OC. The molecule has 77 heavy (non-hydrogen) atoms. The number of ketones is 1. The maximum Gasteiger partial charge on any atom is 0.279 e. The Kier molecular flexibility index (Phi) is 17.1. The summed E-state index contributed by atoms with van der Waals surface area (Å²) in [6, 6.07) is 26.8. The molecule has 9 rings (SSSR count). The molecule has 408 valence electrons. The number of anilines is 3. The summed E-state index contributed by atoms with van der Waals surface area (Å²) in [6.45, 7) is 5.51. The number of nitrogens with one attached hydrogen (secondary N) is 1. The zero-order valence-corrected chi connectivity index (χ0v) is 47.1. The molecular formula is C57H63N3O13S4. The van der Waals surface area contributed by atoms with Gasteiger partial charge in [0.15, 0.2) is 16.7 Å². The normalized spacial score (nSPS) is 18.4. The highest BCUT2D eigenvalue weighted by molar-refractivity contribution is 8.76. The first-order valence-electron chi connectivity index (χ1n) is 25.7. The fraction of sp³-hybridized carbons (Fsp3) is 0.404. The third-order valence-electron chi connectivity index (χ3n) is 14.9. The van der Waals surface area contributed by atoms with Gasteiger partial charge >= 0.3 is 0 Å². The van der Waals surface area contributed by atoms with Crippen molar-refractivity contribution in [2.75, 3.05) is 42.2 Å². The predicted molar refractivity (Wildman–Crippen MR) is 300 cm³/mol. The van der Waals surface area contributed by atoms with Crippen LogP contribution in [0.5, 0.6) is 17.2 Å². The van der Waals surface area contributed by atoms with Crippen LogP contribution in [0.15, 0.2) is 91.0 Å². The quantitative estimate of drug-likeness (QED) is 0.0390. The fourth-order valence-corrected chi connectivity index (χ4v) is 15.6. The van der Waals surface area contributed by atoms with Gasteiger partial charge in [-0.1, -0.05) is 71.8 Å². The lowest BCUT2D eigenvalue weighted by atomic mass is 9.97. The lowest BCUT2D eigenvalue weighted by Crippen LogP contribution is -2.47. The molecule has 3 unspecified atom stereocenters. The number of nitrogens with zero attached hydrogens (tertiary/aromatic N) is 2. The number of carbonyl (C=O) groups excluding carboxylic acids is 4. The summed E-state index contributed by atoms with van der Waals surface area (Å²) in [7, 11) is -1.87. The Morgan fingerprint density at radius 1 is 0.727 bits per heavy atom. The summed E-state index contributed by atoms with van der Waals surface area (Å²) >= 11 is 0.